The third-order valence-electron chi connectivity index (χ3n) is 2.96. The summed E-state index contributed by atoms with van der Waals surface area (Å²) in [6, 6.07) is 15.1. The molecule has 2 aromatic carbocycles. The van der Waals surface area contributed by atoms with Crippen molar-refractivity contribution in [2.75, 3.05) is 0 Å². The molecule has 0 saturated heterocycles. The molecule has 4 heteroatoms. The van der Waals surface area contributed by atoms with E-state index in [9.17, 15) is 9.18 Å². The first-order valence-corrected chi connectivity index (χ1v) is 6.36. The molecule has 104 valence electrons. The number of carbonyl (C=O) groups is 1. The molecule has 0 saturated carbocycles. The van der Waals surface area contributed by atoms with Gasteiger partial charge in [-0.2, -0.15) is 0 Å². The monoisotopic (exact) mass is 273 g/mol. The van der Waals surface area contributed by atoms with Crippen LogP contribution in [0.3, 0.4) is 0 Å². The van der Waals surface area contributed by atoms with Crippen molar-refractivity contribution >= 4 is 5.97 Å². The van der Waals surface area contributed by atoms with Gasteiger partial charge in [-0.15, -0.1) is 0 Å². The predicted molar refractivity (Wildman–Crippen MR) is 74.2 cm³/mol. The molecule has 20 heavy (non-hydrogen) atoms. The van der Waals surface area contributed by atoms with Gasteiger partial charge >= 0.3 is 5.97 Å². The highest BCUT2D eigenvalue weighted by atomic mass is 19.1. The molecule has 2 rings (SSSR count). The molecule has 0 bridgehead atoms. The lowest BCUT2D eigenvalue weighted by Crippen LogP contribution is -2.17. The van der Waals surface area contributed by atoms with E-state index in [0.717, 1.165) is 5.56 Å². The lowest BCUT2D eigenvalue weighted by molar-refractivity contribution is -0.145. The van der Waals surface area contributed by atoms with Gasteiger partial charge in [-0.1, -0.05) is 48.5 Å². The maximum Gasteiger partial charge on any atom is 0.308 e. The third kappa shape index (κ3) is 3.90. The Morgan fingerprint density at radius 2 is 1.75 bits per heavy atom. The van der Waals surface area contributed by atoms with E-state index in [1.54, 1.807) is 18.2 Å². The van der Waals surface area contributed by atoms with Crippen molar-refractivity contribution in [3.8, 4) is 0 Å². The average Bonchev–Trinajstić information content (AvgIpc) is 2.47. The van der Waals surface area contributed by atoms with Crippen LogP contribution in [0.1, 0.15) is 23.6 Å². The van der Waals surface area contributed by atoms with Gasteiger partial charge < -0.3 is 10.5 Å². The van der Waals surface area contributed by atoms with Crippen molar-refractivity contribution < 1.29 is 13.9 Å². The highest BCUT2D eigenvalue weighted by Gasteiger charge is 2.13. The Morgan fingerprint density at radius 1 is 1.10 bits per heavy atom. The Bertz CT molecular complexity index is 572. The molecule has 0 aliphatic rings. The Kier molecular flexibility index (Phi) is 4.85. The Labute approximate surface area is 117 Å². The highest BCUT2D eigenvalue weighted by molar-refractivity contribution is 5.70. The van der Waals surface area contributed by atoms with Crippen LogP contribution in [0.4, 0.5) is 4.39 Å². The molecule has 2 N–H and O–H groups in total. The topological polar surface area (TPSA) is 52.3 Å². The number of nitrogens with two attached hydrogens (primary N) is 1. The smallest absolute Gasteiger partial charge is 0.308 e. The Hall–Kier alpha value is -2.20. The minimum atomic E-state index is -0.440. The summed E-state index contributed by atoms with van der Waals surface area (Å²) >= 11 is 0. The first kappa shape index (κ1) is 14.2. The van der Waals surface area contributed by atoms with Crippen molar-refractivity contribution in [3.63, 3.8) is 0 Å². The SMILES string of the molecule is NC(CC(=O)OCc1ccccc1F)c1ccccc1. The standard InChI is InChI=1S/C16H16FNO2/c17-14-9-5-4-8-13(14)11-20-16(19)10-15(18)12-6-2-1-3-7-12/h1-9,15H,10-11,18H2. The van der Waals surface area contributed by atoms with Crippen LogP contribution >= 0.6 is 0 Å². The lowest BCUT2D eigenvalue weighted by atomic mass is 10.1. The van der Waals surface area contributed by atoms with Crippen LogP contribution in [0.25, 0.3) is 0 Å². The molecule has 1 unspecified atom stereocenters. The van der Waals surface area contributed by atoms with Gasteiger partial charge in [0.2, 0.25) is 0 Å². The molecular formula is C16H16FNO2. The number of carbonyl (C=O) groups excluding carboxylic acids is 1. The summed E-state index contributed by atoms with van der Waals surface area (Å²) in [5.41, 5.74) is 7.15. The van der Waals surface area contributed by atoms with Gasteiger partial charge in [0, 0.05) is 11.6 Å². The van der Waals surface area contributed by atoms with Gasteiger partial charge in [0.15, 0.2) is 0 Å². The molecule has 0 fully saturated rings. The van der Waals surface area contributed by atoms with E-state index in [1.165, 1.54) is 6.07 Å². The van der Waals surface area contributed by atoms with E-state index in [4.69, 9.17) is 10.5 Å². The minimum absolute atomic E-state index is 0.0679. The van der Waals surface area contributed by atoms with E-state index in [2.05, 4.69) is 0 Å². The van der Waals surface area contributed by atoms with E-state index in [1.807, 2.05) is 30.3 Å². The van der Waals surface area contributed by atoms with Crippen LogP contribution in [-0.4, -0.2) is 5.97 Å². The first-order valence-electron chi connectivity index (χ1n) is 6.36. The van der Waals surface area contributed by atoms with Crippen LogP contribution in [0.2, 0.25) is 0 Å². The zero-order chi connectivity index (χ0) is 14.4. The molecule has 2 aromatic rings. The van der Waals surface area contributed by atoms with Crippen molar-refractivity contribution in [1.82, 2.24) is 0 Å². The predicted octanol–water partition coefficient (Wildman–Crippen LogP) is 2.96. The molecule has 3 nitrogen and oxygen atoms in total. The van der Waals surface area contributed by atoms with Crippen molar-refractivity contribution in [2.24, 2.45) is 5.73 Å². The minimum Gasteiger partial charge on any atom is -0.461 e. The van der Waals surface area contributed by atoms with E-state index in [-0.39, 0.29) is 18.8 Å². The van der Waals surface area contributed by atoms with Gasteiger partial charge in [-0.25, -0.2) is 4.39 Å². The molecule has 0 amide bonds. The second-order valence-corrected chi connectivity index (χ2v) is 4.47. The van der Waals surface area contributed by atoms with Crippen LogP contribution in [-0.2, 0) is 16.1 Å². The number of benzene rings is 2. The molecule has 0 heterocycles. The van der Waals surface area contributed by atoms with Gasteiger partial charge in [0.05, 0.1) is 6.42 Å². The summed E-state index contributed by atoms with van der Waals surface area (Å²) in [5.74, 6) is -0.822. The molecular weight excluding hydrogens is 257 g/mol. The summed E-state index contributed by atoms with van der Waals surface area (Å²) in [6.45, 7) is -0.0764. The normalized spacial score (nSPS) is 11.9. The van der Waals surface area contributed by atoms with Crippen LogP contribution in [0, 0.1) is 5.82 Å². The van der Waals surface area contributed by atoms with Gasteiger partial charge in [-0.3, -0.25) is 4.79 Å². The summed E-state index contributed by atoms with van der Waals surface area (Å²) < 4.78 is 18.4. The average molecular weight is 273 g/mol. The summed E-state index contributed by atoms with van der Waals surface area (Å²) in [6.07, 6.45) is 0.0679. The molecule has 0 aliphatic carbocycles. The van der Waals surface area contributed by atoms with E-state index in [0.29, 0.717) is 5.56 Å². The summed E-state index contributed by atoms with van der Waals surface area (Å²) in [7, 11) is 0. The summed E-state index contributed by atoms with van der Waals surface area (Å²) in [5, 5.41) is 0. The number of rotatable bonds is 5. The van der Waals surface area contributed by atoms with Gasteiger partial charge in [0.25, 0.3) is 0 Å². The fraction of sp³-hybridized carbons (Fsp3) is 0.188. The van der Waals surface area contributed by atoms with Crippen molar-refractivity contribution in [2.45, 2.75) is 19.1 Å². The fourth-order valence-corrected chi connectivity index (χ4v) is 1.83. The molecule has 0 radical (unpaired) electrons. The zero-order valence-electron chi connectivity index (χ0n) is 11.0. The maximum atomic E-state index is 13.4. The van der Waals surface area contributed by atoms with Crippen molar-refractivity contribution in [3.05, 3.63) is 71.5 Å². The third-order valence-corrected chi connectivity index (χ3v) is 2.96. The first-order chi connectivity index (χ1) is 9.66. The number of hydrogen-bond acceptors (Lipinski definition) is 3. The number of esters is 1. The molecule has 0 spiro atoms. The second-order valence-electron chi connectivity index (χ2n) is 4.47. The lowest BCUT2D eigenvalue weighted by Gasteiger charge is -2.11. The van der Waals surface area contributed by atoms with Gasteiger partial charge in [0.1, 0.15) is 12.4 Å². The van der Waals surface area contributed by atoms with E-state index >= 15 is 0 Å². The Balaban J connectivity index is 1.86. The number of hydrogen-bond donors (Lipinski definition) is 1. The summed E-state index contributed by atoms with van der Waals surface area (Å²) in [4.78, 5) is 11.7. The second kappa shape index (κ2) is 6.82. The van der Waals surface area contributed by atoms with Crippen LogP contribution in [0.5, 0.6) is 0 Å². The molecule has 0 aliphatic heterocycles. The van der Waals surface area contributed by atoms with Crippen LogP contribution in [0.15, 0.2) is 54.6 Å². The fourth-order valence-electron chi connectivity index (χ4n) is 1.83. The Morgan fingerprint density at radius 3 is 2.45 bits per heavy atom. The largest absolute Gasteiger partial charge is 0.461 e. The quantitative estimate of drug-likeness (QED) is 0.852. The molecule has 1 atom stereocenters. The number of ether oxygens (including phenoxy) is 1. The highest BCUT2D eigenvalue weighted by Crippen LogP contribution is 2.15. The number of halogens is 1. The maximum absolute atomic E-state index is 13.4. The van der Waals surface area contributed by atoms with E-state index < -0.39 is 12.0 Å². The zero-order valence-corrected chi connectivity index (χ0v) is 11.0. The van der Waals surface area contributed by atoms with Crippen molar-refractivity contribution in [1.29, 1.82) is 0 Å². The van der Waals surface area contributed by atoms with Crippen LogP contribution < -0.4 is 5.73 Å². The molecule has 0 aromatic heterocycles. The van der Waals surface area contributed by atoms with Gasteiger partial charge in [-0.05, 0) is 11.6 Å².